The summed E-state index contributed by atoms with van der Waals surface area (Å²) in [5.74, 6) is 1.06. The van der Waals surface area contributed by atoms with Gasteiger partial charge in [-0.05, 0) is 37.6 Å². The molecular formula is C13H21NO3S. The molecule has 1 aromatic carbocycles. The summed E-state index contributed by atoms with van der Waals surface area (Å²) in [6.45, 7) is 2.74. The SMILES string of the molecule is COc1cccc([C@@H](C)NCCCS(C)(=O)=O)c1. The number of benzene rings is 1. The third kappa shape index (κ3) is 5.51. The van der Waals surface area contributed by atoms with Crippen LogP contribution in [0.3, 0.4) is 0 Å². The van der Waals surface area contributed by atoms with E-state index in [1.807, 2.05) is 24.3 Å². The minimum atomic E-state index is -2.86. The van der Waals surface area contributed by atoms with Gasteiger partial charge in [0.2, 0.25) is 0 Å². The van der Waals surface area contributed by atoms with Crippen molar-refractivity contribution < 1.29 is 13.2 Å². The molecule has 4 nitrogen and oxygen atoms in total. The van der Waals surface area contributed by atoms with E-state index in [0.717, 1.165) is 11.3 Å². The molecule has 0 aliphatic carbocycles. The Labute approximate surface area is 109 Å². The van der Waals surface area contributed by atoms with Crippen molar-refractivity contribution >= 4 is 9.84 Å². The van der Waals surface area contributed by atoms with Crippen molar-refractivity contribution in [2.75, 3.05) is 25.7 Å². The number of hydrogen-bond donors (Lipinski definition) is 1. The van der Waals surface area contributed by atoms with Crippen LogP contribution in [0.4, 0.5) is 0 Å². The summed E-state index contributed by atoms with van der Waals surface area (Å²) in [7, 11) is -1.22. The highest BCUT2D eigenvalue weighted by Crippen LogP contribution is 2.18. The van der Waals surface area contributed by atoms with Gasteiger partial charge in [-0.1, -0.05) is 12.1 Å². The Hall–Kier alpha value is -1.07. The van der Waals surface area contributed by atoms with Gasteiger partial charge in [-0.15, -0.1) is 0 Å². The lowest BCUT2D eigenvalue weighted by atomic mass is 10.1. The molecule has 1 rings (SSSR count). The summed E-state index contributed by atoms with van der Waals surface area (Å²) < 4.78 is 27.1. The van der Waals surface area contributed by atoms with Gasteiger partial charge in [-0.2, -0.15) is 0 Å². The van der Waals surface area contributed by atoms with Crippen molar-refractivity contribution in [3.05, 3.63) is 29.8 Å². The van der Waals surface area contributed by atoms with Crippen molar-refractivity contribution in [2.24, 2.45) is 0 Å². The second-order valence-electron chi connectivity index (χ2n) is 4.44. The van der Waals surface area contributed by atoms with E-state index in [2.05, 4.69) is 12.2 Å². The molecule has 0 aromatic heterocycles. The topological polar surface area (TPSA) is 55.4 Å². The second kappa shape index (κ2) is 6.75. The first-order valence-corrected chi connectivity index (χ1v) is 8.03. The van der Waals surface area contributed by atoms with Crippen LogP contribution >= 0.6 is 0 Å². The standard InChI is InChI=1S/C13H21NO3S/c1-11(14-8-5-9-18(3,15)16)12-6-4-7-13(10-12)17-2/h4,6-7,10-11,14H,5,8-9H2,1-3H3/t11-/m1/s1. The molecule has 0 aliphatic rings. The highest BCUT2D eigenvalue weighted by molar-refractivity contribution is 7.90. The maximum Gasteiger partial charge on any atom is 0.147 e. The third-order valence-electron chi connectivity index (χ3n) is 2.74. The average molecular weight is 271 g/mol. The summed E-state index contributed by atoms with van der Waals surface area (Å²) in [4.78, 5) is 0. The normalized spacial score (nSPS) is 13.3. The molecule has 0 unspecified atom stereocenters. The van der Waals surface area contributed by atoms with E-state index < -0.39 is 9.84 Å². The molecule has 0 bridgehead atoms. The maximum absolute atomic E-state index is 11.0. The van der Waals surface area contributed by atoms with Crippen molar-refractivity contribution in [2.45, 2.75) is 19.4 Å². The molecule has 0 spiro atoms. The summed E-state index contributed by atoms with van der Waals surface area (Å²) in [5.41, 5.74) is 1.13. The molecule has 0 aliphatic heterocycles. The van der Waals surface area contributed by atoms with Crippen molar-refractivity contribution in [3.63, 3.8) is 0 Å². The van der Waals surface area contributed by atoms with Crippen LogP contribution in [-0.2, 0) is 9.84 Å². The van der Waals surface area contributed by atoms with E-state index in [9.17, 15) is 8.42 Å². The van der Waals surface area contributed by atoms with Crippen molar-refractivity contribution in [1.29, 1.82) is 0 Å². The fraction of sp³-hybridized carbons (Fsp3) is 0.538. The van der Waals surface area contributed by atoms with Gasteiger partial charge in [0.25, 0.3) is 0 Å². The van der Waals surface area contributed by atoms with Gasteiger partial charge in [0, 0.05) is 12.3 Å². The molecule has 0 saturated carbocycles. The average Bonchev–Trinajstić information content (AvgIpc) is 2.33. The first-order valence-electron chi connectivity index (χ1n) is 5.97. The van der Waals surface area contributed by atoms with Crippen molar-refractivity contribution in [3.8, 4) is 5.75 Å². The molecule has 0 heterocycles. The molecule has 0 radical (unpaired) electrons. The van der Waals surface area contributed by atoms with Gasteiger partial charge >= 0.3 is 0 Å². The van der Waals surface area contributed by atoms with Crippen LogP contribution in [0.1, 0.15) is 24.9 Å². The van der Waals surface area contributed by atoms with Crippen LogP contribution in [0, 0.1) is 0 Å². The van der Waals surface area contributed by atoms with Crippen LogP contribution < -0.4 is 10.1 Å². The number of hydrogen-bond acceptors (Lipinski definition) is 4. The summed E-state index contributed by atoms with van der Waals surface area (Å²) >= 11 is 0. The molecule has 1 atom stereocenters. The van der Waals surface area contributed by atoms with Gasteiger partial charge in [0.15, 0.2) is 0 Å². The highest BCUT2D eigenvalue weighted by atomic mass is 32.2. The van der Waals surface area contributed by atoms with Gasteiger partial charge in [0.05, 0.1) is 12.9 Å². The number of sulfone groups is 1. The number of nitrogens with one attached hydrogen (secondary N) is 1. The van der Waals surface area contributed by atoms with E-state index in [4.69, 9.17) is 4.74 Å². The molecule has 1 aromatic rings. The van der Waals surface area contributed by atoms with Crippen LogP contribution in [0.15, 0.2) is 24.3 Å². The smallest absolute Gasteiger partial charge is 0.147 e. The lowest BCUT2D eigenvalue weighted by molar-refractivity contribution is 0.413. The zero-order valence-electron chi connectivity index (χ0n) is 11.1. The van der Waals surface area contributed by atoms with Crippen LogP contribution in [0.2, 0.25) is 0 Å². The van der Waals surface area contributed by atoms with Gasteiger partial charge in [-0.25, -0.2) is 8.42 Å². The fourth-order valence-electron chi connectivity index (χ4n) is 1.68. The zero-order valence-corrected chi connectivity index (χ0v) is 12.0. The van der Waals surface area contributed by atoms with E-state index in [1.165, 1.54) is 6.26 Å². The number of rotatable bonds is 7. The molecule has 0 amide bonds. The summed E-state index contributed by atoms with van der Waals surface area (Å²) in [6.07, 6.45) is 1.89. The minimum absolute atomic E-state index is 0.180. The molecule has 5 heteroatoms. The predicted octanol–water partition coefficient (Wildman–Crippen LogP) is 1.78. The Morgan fingerprint density at radius 1 is 1.39 bits per heavy atom. The van der Waals surface area contributed by atoms with E-state index in [-0.39, 0.29) is 11.8 Å². The quantitative estimate of drug-likeness (QED) is 0.768. The van der Waals surface area contributed by atoms with E-state index >= 15 is 0 Å². The Morgan fingerprint density at radius 2 is 2.11 bits per heavy atom. The maximum atomic E-state index is 11.0. The van der Waals surface area contributed by atoms with Crippen LogP contribution in [-0.4, -0.2) is 34.1 Å². The zero-order chi connectivity index (χ0) is 13.6. The van der Waals surface area contributed by atoms with Crippen LogP contribution in [0.5, 0.6) is 5.75 Å². The number of methoxy groups -OCH3 is 1. The largest absolute Gasteiger partial charge is 0.497 e. The second-order valence-corrected chi connectivity index (χ2v) is 6.70. The Bertz CT molecular complexity index is 471. The van der Waals surface area contributed by atoms with Crippen LogP contribution in [0.25, 0.3) is 0 Å². The molecule has 1 N–H and O–H groups in total. The lowest BCUT2D eigenvalue weighted by Crippen LogP contribution is -2.21. The molecular weight excluding hydrogens is 250 g/mol. The first-order chi connectivity index (χ1) is 8.42. The Morgan fingerprint density at radius 3 is 2.72 bits per heavy atom. The van der Waals surface area contributed by atoms with Gasteiger partial charge in [0.1, 0.15) is 15.6 Å². The molecule has 102 valence electrons. The summed E-state index contributed by atoms with van der Waals surface area (Å²) in [6, 6.07) is 8.04. The van der Waals surface area contributed by atoms with Crippen molar-refractivity contribution in [1.82, 2.24) is 5.32 Å². The van der Waals surface area contributed by atoms with Gasteiger partial charge < -0.3 is 10.1 Å². The fourth-order valence-corrected chi connectivity index (χ4v) is 2.35. The van der Waals surface area contributed by atoms with Gasteiger partial charge in [-0.3, -0.25) is 0 Å². The monoisotopic (exact) mass is 271 g/mol. The minimum Gasteiger partial charge on any atom is -0.497 e. The predicted molar refractivity (Wildman–Crippen MR) is 73.7 cm³/mol. The number of ether oxygens (including phenoxy) is 1. The molecule has 18 heavy (non-hydrogen) atoms. The summed E-state index contributed by atoms with van der Waals surface area (Å²) in [5, 5.41) is 3.30. The Balaban J connectivity index is 2.42. The molecule has 0 fully saturated rings. The van der Waals surface area contributed by atoms with E-state index in [0.29, 0.717) is 13.0 Å². The first kappa shape index (κ1) is 15.0. The van der Waals surface area contributed by atoms with E-state index in [1.54, 1.807) is 7.11 Å². The third-order valence-corrected chi connectivity index (χ3v) is 3.77. The molecule has 0 saturated heterocycles. The highest BCUT2D eigenvalue weighted by Gasteiger charge is 2.06. The lowest BCUT2D eigenvalue weighted by Gasteiger charge is -2.14. The Kier molecular flexibility index (Phi) is 5.62.